The van der Waals surface area contributed by atoms with Gasteiger partial charge in [0.1, 0.15) is 0 Å². The quantitative estimate of drug-likeness (QED) is 0.825. The molecule has 1 aliphatic rings. The average Bonchev–Trinajstić information content (AvgIpc) is 2.71. The lowest BCUT2D eigenvalue weighted by molar-refractivity contribution is 0.0888. The van der Waals surface area contributed by atoms with Gasteiger partial charge in [0.25, 0.3) is 5.91 Å². The van der Waals surface area contributed by atoms with Gasteiger partial charge in [0, 0.05) is 12.2 Å². The zero-order valence-corrected chi connectivity index (χ0v) is 9.73. The van der Waals surface area contributed by atoms with Crippen LogP contribution in [0.5, 0.6) is 0 Å². The van der Waals surface area contributed by atoms with Gasteiger partial charge in [-0.05, 0) is 25.5 Å². The average molecular weight is 259 g/mol. The first kappa shape index (κ1) is 12.9. The second-order valence-electron chi connectivity index (χ2n) is 4.57. The second-order valence-corrected chi connectivity index (χ2v) is 4.57. The molecule has 98 valence electrons. The molecule has 1 amide bonds. The van der Waals surface area contributed by atoms with E-state index in [1.54, 1.807) is 6.92 Å². The van der Waals surface area contributed by atoms with E-state index in [2.05, 4.69) is 5.32 Å². The van der Waals surface area contributed by atoms with Crippen LogP contribution in [0.4, 0.5) is 13.2 Å². The molecular weight excluding hydrogens is 247 g/mol. The fourth-order valence-corrected chi connectivity index (χ4v) is 1.80. The van der Waals surface area contributed by atoms with Crippen LogP contribution in [-0.2, 0) is 4.74 Å². The zero-order valence-electron chi connectivity index (χ0n) is 9.73. The van der Waals surface area contributed by atoms with Gasteiger partial charge in [-0.1, -0.05) is 0 Å². The van der Waals surface area contributed by atoms with Crippen LogP contribution >= 0.6 is 0 Å². The van der Waals surface area contributed by atoms with Gasteiger partial charge in [0.2, 0.25) is 0 Å². The summed E-state index contributed by atoms with van der Waals surface area (Å²) in [6.45, 7) is 2.63. The summed E-state index contributed by atoms with van der Waals surface area (Å²) in [5.74, 6) is -5.00. The molecule has 0 saturated carbocycles. The third-order valence-corrected chi connectivity index (χ3v) is 2.88. The Bertz CT molecular complexity index is 461. The number of carbonyl (C=O) groups excluding carboxylic acids is 1. The van der Waals surface area contributed by atoms with Crippen LogP contribution in [0.25, 0.3) is 0 Å². The topological polar surface area (TPSA) is 38.3 Å². The maximum Gasteiger partial charge on any atom is 0.251 e. The smallest absolute Gasteiger partial charge is 0.251 e. The number of benzene rings is 1. The molecule has 0 bridgehead atoms. The van der Waals surface area contributed by atoms with E-state index in [-0.39, 0.29) is 5.56 Å². The van der Waals surface area contributed by atoms with Gasteiger partial charge in [0.05, 0.1) is 12.1 Å². The molecular formula is C12H12F3NO2. The first-order chi connectivity index (χ1) is 8.41. The van der Waals surface area contributed by atoms with Gasteiger partial charge in [-0.15, -0.1) is 0 Å². The van der Waals surface area contributed by atoms with Crippen molar-refractivity contribution < 1.29 is 22.7 Å². The summed E-state index contributed by atoms with van der Waals surface area (Å²) in [6, 6.07) is 1.35. The number of halogens is 3. The predicted octanol–water partition coefficient (Wildman–Crippen LogP) is 2.01. The molecule has 1 atom stereocenters. The number of hydrogen-bond acceptors (Lipinski definition) is 2. The Hall–Kier alpha value is -1.56. The summed E-state index contributed by atoms with van der Waals surface area (Å²) in [6.07, 6.45) is 0.616. The molecule has 18 heavy (non-hydrogen) atoms. The van der Waals surface area contributed by atoms with Crippen molar-refractivity contribution in [3.63, 3.8) is 0 Å². The Labute approximate surface area is 102 Å². The summed E-state index contributed by atoms with van der Waals surface area (Å²) in [4.78, 5) is 11.8. The van der Waals surface area contributed by atoms with Crippen LogP contribution < -0.4 is 5.32 Å². The standard InChI is InChI=1S/C12H12F3NO2/c1-12(2-3-18-6-12)16-11(17)7-4-8(13)10(15)9(14)5-7/h4-5H,2-3,6H2,1H3,(H,16,17). The molecule has 1 unspecified atom stereocenters. The van der Waals surface area contributed by atoms with Crippen LogP contribution in [0, 0.1) is 17.5 Å². The largest absolute Gasteiger partial charge is 0.379 e. The van der Waals surface area contributed by atoms with E-state index < -0.39 is 28.9 Å². The lowest BCUT2D eigenvalue weighted by Crippen LogP contribution is -2.46. The number of rotatable bonds is 2. The molecule has 1 aromatic rings. The molecule has 0 spiro atoms. The molecule has 6 heteroatoms. The molecule has 1 aromatic carbocycles. The highest BCUT2D eigenvalue weighted by Gasteiger charge is 2.31. The molecule has 1 N–H and O–H groups in total. The number of amides is 1. The lowest BCUT2D eigenvalue weighted by atomic mass is 10.0. The van der Waals surface area contributed by atoms with Crippen molar-refractivity contribution in [1.82, 2.24) is 5.32 Å². The molecule has 1 aliphatic heterocycles. The molecule has 0 radical (unpaired) electrons. The maximum absolute atomic E-state index is 13.0. The summed E-state index contributed by atoms with van der Waals surface area (Å²) >= 11 is 0. The van der Waals surface area contributed by atoms with Crippen molar-refractivity contribution in [2.75, 3.05) is 13.2 Å². The first-order valence-corrected chi connectivity index (χ1v) is 5.46. The summed E-state index contributed by atoms with van der Waals surface area (Å²) < 4.78 is 43.9. The lowest BCUT2D eigenvalue weighted by Gasteiger charge is -2.23. The Morgan fingerprint density at radius 1 is 1.33 bits per heavy atom. The second kappa shape index (κ2) is 4.61. The molecule has 0 aromatic heterocycles. The van der Waals surface area contributed by atoms with Gasteiger partial charge >= 0.3 is 0 Å². The van der Waals surface area contributed by atoms with Crippen molar-refractivity contribution in [1.29, 1.82) is 0 Å². The minimum absolute atomic E-state index is 0.250. The van der Waals surface area contributed by atoms with Crippen molar-refractivity contribution in [2.24, 2.45) is 0 Å². The van der Waals surface area contributed by atoms with Gasteiger partial charge in [0.15, 0.2) is 17.5 Å². The minimum Gasteiger partial charge on any atom is -0.379 e. The SMILES string of the molecule is CC1(NC(=O)c2cc(F)c(F)c(F)c2)CCOC1. The van der Waals surface area contributed by atoms with Crippen LogP contribution in [0.2, 0.25) is 0 Å². The zero-order chi connectivity index (χ0) is 13.3. The van der Waals surface area contributed by atoms with E-state index in [0.29, 0.717) is 31.8 Å². The fourth-order valence-electron chi connectivity index (χ4n) is 1.80. The normalized spacial score (nSPS) is 23.1. The van der Waals surface area contributed by atoms with Gasteiger partial charge in [-0.3, -0.25) is 4.79 Å². The molecule has 1 fully saturated rings. The number of nitrogens with one attached hydrogen (secondary N) is 1. The van der Waals surface area contributed by atoms with Crippen molar-refractivity contribution in [2.45, 2.75) is 18.9 Å². The molecule has 1 heterocycles. The minimum atomic E-state index is -1.58. The third kappa shape index (κ3) is 2.48. The third-order valence-electron chi connectivity index (χ3n) is 2.88. The molecule has 0 aliphatic carbocycles. The Morgan fingerprint density at radius 3 is 2.44 bits per heavy atom. The van der Waals surface area contributed by atoms with Gasteiger partial charge in [-0.25, -0.2) is 13.2 Å². The van der Waals surface area contributed by atoms with Crippen molar-refractivity contribution in [3.05, 3.63) is 35.1 Å². The van der Waals surface area contributed by atoms with Crippen molar-refractivity contribution in [3.8, 4) is 0 Å². The predicted molar refractivity (Wildman–Crippen MR) is 57.6 cm³/mol. The summed E-state index contributed by atoms with van der Waals surface area (Å²) in [5, 5.41) is 2.63. The first-order valence-electron chi connectivity index (χ1n) is 5.46. The van der Waals surface area contributed by atoms with Gasteiger partial charge in [-0.2, -0.15) is 0 Å². The molecule has 1 saturated heterocycles. The van der Waals surface area contributed by atoms with Crippen molar-refractivity contribution >= 4 is 5.91 Å². The summed E-state index contributed by atoms with van der Waals surface area (Å²) in [7, 11) is 0. The number of ether oxygens (including phenoxy) is 1. The highest BCUT2D eigenvalue weighted by atomic mass is 19.2. The van der Waals surface area contributed by atoms with Crippen LogP contribution in [0.1, 0.15) is 23.7 Å². The monoisotopic (exact) mass is 259 g/mol. The van der Waals surface area contributed by atoms with Crippen LogP contribution in [-0.4, -0.2) is 24.7 Å². The number of carbonyl (C=O) groups is 1. The van der Waals surface area contributed by atoms with E-state index >= 15 is 0 Å². The Morgan fingerprint density at radius 2 is 1.94 bits per heavy atom. The van der Waals surface area contributed by atoms with Gasteiger partial charge < -0.3 is 10.1 Å². The molecule has 3 nitrogen and oxygen atoms in total. The van der Waals surface area contributed by atoms with E-state index in [9.17, 15) is 18.0 Å². The van der Waals surface area contributed by atoms with E-state index in [0.717, 1.165) is 0 Å². The van der Waals surface area contributed by atoms with E-state index in [1.165, 1.54) is 0 Å². The Kier molecular flexibility index (Phi) is 3.30. The molecule has 2 rings (SSSR count). The van der Waals surface area contributed by atoms with Crippen LogP contribution in [0.15, 0.2) is 12.1 Å². The van der Waals surface area contributed by atoms with E-state index in [4.69, 9.17) is 4.74 Å². The summed E-state index contributed by atoms with van der Waals surface area (Å²) in [5.41, 5.74) is -0.808. The van der Waals surface area contributed by atoms with Crippen LogP contribution in [0.3, 0.4) is 0 Å². The highest BCUT2D eigenvalue weighted by Crippen LogP contribution is 2.19. The number of hydrogen-bond donors (Lipinski definition) is 1. The maximum atomic E-state index is 13.0. The fraction of sp³-hybridized carbons (Fsp3) is 0.417. The highest BCUT2D eigenvalue weighted by molar-refractivity contribution is 5.94. The Balaban J connectivity index is 2.19. The van der Waals surface area contributed by atoms with E-state index in [1.807, 2.05) is 0 Å².